The molecule has 16 N–H and O–H groups in total. The van der Waals surface area contributed by atoms with Crippen LogP contribution in [0.2, 0.25) is 0 Å². The Labute approximate surface area is 990 Å². The number of carboxylic acids is 8. The monoisotopic (exact) mass is 2180 g/mol. The first-order valence-corrected chi connectivity index (χ1v) is 49.6. The third-order valence-corrected chi connectivity index (χ3v) is 29.8. The third-order valence-electron chi connectivity index (χ3n) is 21.3. The Morgan fingerprint density at radius 2 is 0.250 bits per heavy atom. The van der Waals surface area contributed by atoms with Crippen LogP contribution in [-0.4, -0.2) is 467 Å². The zero-order valence-corrected chi connectivity index (χ0v) is 98.1. The van der Waals surface area contributed by atoms with E-state index in [4.69, 9.17) is 75.8 Å². The summed E-state index contributed by atoms with van der Waals surface area (Å²) in [6.07, 6.45) is -88.6. The number of ether oxygens (including phenoxy) is 16. The SMILES string of the molecule is O=C([O-])CCSC[C@@H]1OC2O[C@@H]3[C@@H](O)[C@H](O)C(O[C@@H]4[C@@H](O)[C@H](O)C(O[C@@H]5[C@@H](O)[C@H](O)C(O[C@@H]6[C@@H](O)[C@H](O)C(O[C@@H]7[C@@H](O)[C@H](O)C(O[C@@H]8[C@@H](O)[C@H](O)C(O[C@@H]9[C@@H](O)[C@H](O)C(O[C@@H]1[C@@H](O)[C@@H]2O)O[C@H]9CSCCC(=O)[O-])O[C@H]8CSCCC(=O)[O-])O[C@H]7CSCCC(=O)[O-])O[C@H]6CSCCC(=O)[O-])O[C@H]5CSCCC(=O)[O-])O[C@H]4CSCCC(=O)[O-])O[C@H]3CSCCC(=O)[O-].[Na+].[Na+].[Na+].[Na+].[Na+].[Na+].[Na+].[Na+]. The molecule has 48 nitrogen and oxygen atoms in total. The van der Waals surface area contributed by atoms with Crippen molar-refractivity contribution in [3.8, 4) is 0 Å². The van der Waals surface area contributed by atoms with Crippen LogP contribution in [0, 0.1) is 0 Å². The van der Waals surface area contributed by atoms with Gasteiger partial charge in [-0.25, -0.2) is 0 Å². The predicted octanol–water partition coefficient (Wildman–Crippen LogP) is -42.3. The van der Waals surface area contributed by atoms with Crippen LogP contribution in [0.15, 0.2) is 0 Å². The summed E-state index contributed by atoms with van der Waals surface area (Å²) in [6.45, 7) is 0. The van der Waals surface area contributed by atoms with Gasteiger partial charge in [0.1, 0.15) is 146 Å². The number of thioether (sulfide) groups is 8. The van der Waals surface area contributed by atoms with Crippen LogP contribution in [0.25, 0.3) is 0 Å². The molecule has 30 fully saturated rings. The van der Waals surface area contributed by atoms with Crippen molar-refractivity contribution in [1.29, 1.82) is 0 Å². The van der Waals surface area contributed by atoms with Gasteiger partial charge in [-0.05, 0) is 97.4 Å². The summed E-state index contributed by atoms with van der Waals surface area (Å²) >= 11 is 6.55. The van der Waals surface area contributed by atoms with Gasteiger partial charge in [0, 0.05) is 93.8 Å². The van der Waals surface area contributed by atoms with Crippen molar-refractivity contribution < 1.29 is 473 Å². The second kappa shape index (κ2) is 69.9. The van der Waals surface area contributed by atoms with Gasteiger partial charge in [0.25, 0.3) is 0 Å². The second-order valence-electron chi connectivity index (χ2n) is 30.6. The molecule has 0 aromatic rings. The largest absolute Gasteiger partial charge is 1.00 e. The van der Waals surface area contributed by atoms with E-state index < -0.39 is 391 Å². The molecule has 30 aliphatic heterocycles. The van der Waals surface area contributed by atoms with Gasteiger partial charge in [0.05, 0.1) is 48.8 Å². The Morgan fingerprint density at radius 3 is 0.331 bits per heavy atom. The molecule has 40 atom stereocenters. The van der Waals surface area contributed by atoms with Gasteiger partial charge in [0.15, 0.2) is 50.3 Å². The number of aliphatic carboxylic acids is 8. The van der Waals surface area contributed by atoms with Crippen molar-refractivity contribution in [2.24, 2.45) is 0 Å². The number of carbonyl (C=O) groups is 8. The van der Waals surface area contributed by atoms with Gasteiger partial charge in [-0.3, -0.25) is 0 Å². The molecule has 0 aromatic heterocycles. The molecule has 30 rings (SSSR count). The second-order valence-corrected chi connectivity index (χ2v) is 39.8. The van der Waals surface area contributed by atoms with Crippen LogP contribution < -0.4 is 277 Å². The van der Waals surface area contributed by atoms with Crippen molar-refractivity contribution in [2.75, 3.05) is 92.0 Å². The average molecular weight is 2180 g/mol. The van der Waals surface area contributed by atoms with Crippen LogP contribution in [0.5, 0.6) is 0 Å². The Bertz CT molecular complexity index is 2870. The van der Waals surface area contributed by atoms with E-state index in [9.17, 15) is 161 Å². The molecule has 136 heavy (non-hydrogen) atoms. The molecular formula is C72H104Na8O48S8. The van der Waals surface area contributed by atoms with E-state index in [1.807, 2.05) is 0 Å². The molecule has 30 saturated heterocycles. The topological polar surface area (TPSA) is 792 Å². The first-order valence-electron chi connectivity index (χ1n) is 40.3. The molecule has 0 radical (unpaired) electrons. The maximum Gasteiger partial charge on any atom is 1.00 e. The van der Waals surface area contributed by atoms with Crippen LogP contribution in [-0.2, 0) is 114 Å². The van der Waals surface area contributed by atoms with Gasteiger partial charge in [0.2, 0.25) is 0 Å². The summed E-state index contributed by atoms with van der Waals surface area (Å²) in [5, 5.41) is 288. The van der Waals surface area contributed by atoms with E-state index >= 15 is 0 Å². The summed E-state index contributed by atoms with van der Waals surface area (Å²) in [7, 11) is 0. The van der Waals surface area contributed by atoms with E-state index in [2.05, 4.69) is 0 Å². The molecule has 30 aliphatic rings. The third kappa shape index (κ3) is 41.5. The number of carbonyl (C=O) groups excluding carboxylic acids is 8. The summed E-state index contributed by atoms with van der Waals surface area (Å²) in [4.78, 5) is 93.3. The minimum absolute atomic E-state index is 0. The Kier molecular flexibility index (Phi) is 71.6. The number of aliphatic hydroxyl groups is 16. The molecule has 16 bridgehead atoms. The van der Waals surface area contributed by atoms with Gasteiger partial charge in [-0.1, -0.05) is 0 Å². The fourth-order valence-electron chi connectivity index (χ4n) is 14.6. The zero-order valence-electron chi connectivity index (χ0n) is 75.5. The van der Waals surface area contributed by atoms with Crippen LogP contribution in [0.1, 0.15) is 51.4 Å². The van der Waals surface area contributed by atoms with Crippen molar-refractivity contribution >= 4 is 142 Å². The maximum absolute atomic E-state index is 12.2. The molecule has 0 amide bonds. The summed E-state index contributed by atoms with van der Waals surface area (Å²) in [5.74, 6) is -17.6. The van der Waals surface area contributed by atoms with Crippen LogP contribution in [0.4, 0.5) is 0 Å². The van der Waals surface area contributed by atoms with E-state index in [-0.39, 0.29) is 282 Å². The van der Waals surface area contributed by atoms with Crippen LogP contribution >= 0.6 is 94.1 Å². The van der Waals surface area contributed by atoms with Crippen molar-refractivity contribution in [3.63, 3.8) is 0 Å². The molecular weight excluding hydrogens is 2070 g/mol. The number of aliphatic hydroxyl groups excluding tert-OH is 16. The number of hydrogen-bond acceptors (Lipinski definition) is 56. The Hall–Kier alpha value is 5.28. The average Bonchev–Trinajstić information content (AvgIpc) is 0.802. The molecule has 0 aromatic carbocycles. The molecule has 0 saturated carbocycles. The minimum Gasteiger partial charge on any atom is -0.550 e. The summed E-state index contributed by atoms with van der Waals surface area (Å²) in [6, 6.07) is 0. The standard InChI is InChI=1S/C72H112O48S8.8Na/c73-33(74)1-9-121-17-25-57-41(89)49(97)65(105-25)114-58-26(18-122-10-2-34(75)76)107-67(51(99)43(58)91)116-60-28(20-124-12-4-36(79)80)109-69(53(101)45(60)93)118-62-30(22-126-14-6-38(83)84)111-71(55(103)47(62)95)120-64-32(24-128-16-8-40(87)88)112-72(56(104)48(64)96)119-63-31(23-127-15-7-39(85)86)110-70(54(102)46(63)94)117-61-29(21-125-13-5-37(81)82)108-68(52(100)44(61)92)115-59-27(19-123-11-3-35(77)78)106-66(113-57)50(98)42(59)90;;;;;;;;/h25-32,41-72,89-104H,1-24H2,(H,73,74)(H,75,76)(H,77,78)(H,79,80)(H,81,82)(H,83,84)(H,85,86)(H,87,88);;;;;;;;/q;8*+1/p-8/t25-,26-,27-,28-,29-,30-,31-,32-,41-,42-,43-,44-,45-,46-,47-,48-,49-,50-,51-,52-,53-,54-,55-,56-,57-,58-,59-,60-,61-,62-,63-,64-,65?,66?,67?,68?,69?,70?,71?,72?;;;;;;;;/m0......../s1. The molecule has 736 valence electrons. The first-order chi connectivity index (χ1) is 60.7. The van der Waals surface area contributed by atoms with E-state index in [1.165, 1.54) is 0 Å². The fourth-order valence-corrected chi connectivity index (χ4v) is 22.5. The smallest absolute Gasteiger partial charge is 0.550 e. The minimum atomic E-state index is -2.36. The number of carboxylic acid groups (broad SMARTS) is 8. The molecule has 64 heteroatoms. The van der Waals surface area contributed by atoms with Crippen molar-refractivity contribution in [3.05, 3.63) is 0 Å². The summed E-state index contributed by atoms with van der Waals surface area (Å²) in [5.41, 5.74) is 0. The molecule has 30 heterocycles. The van der Waals surface area contributed by atoms with Crippen LogP contribution in [0.3, 0.4) is 0 Å². The predicted molar refractivity (Wildman–Crippen MR) is 420 cm³/mol. The normalized spacial score (nSPS) is 39.1. The van der Waals surface area contributed by atoms with Gasteiger partial charge < -0.3 is 237 Å². The number of hydrogen-bond donors (Lipinski definition) is 16. The molecule has 8 unspecified atom stereocenters. The maximum atomic E-state index is 12.2. The Morgan fingerprint density at radius 1 is 0.162 bits per heavy atom. The zero-order chi connectivity index (χ0) is 93.7. The van der Waals surface area contributed by atoms with Gasteiger partial charge in [-0.15, -0.1) is 0 Å². The fraction of sp³-hybridized carbons (Fsp3) is 0.889. The first kappa shape index (κ1) is 139. The van der Waals surface area contributed by atoms with Crippen molar-refractivity contribution in [1.82, 2.24) is 0 Å². The summed E-state index contributed by atoms with van der Waals surface area (Å²) < 4.78 is 99.6. The molecule has 0 aliphatic carbocycles. The van der Waals surface area contributed by atoms with E-state index in [1.54, 1.807) is 0 Å². The Balaban J connectivity index is 0.0000116. The van der Waals surface area contributed by atoms with Gasteiger partial charge >= 0.3 is 236 Å². The number of rotatable bonds is 40. The van der Waals surface area contributed by atoms with Gasteiger partial charge in [-0.2, -0.15) is 94.1 Å². The quantitative estimate of drug-likeness (QED) is 0.0200. The van der Waals surface area contributed by atoms with Crippen molar-refractivity contribution in [2.45, 2.75) is 297 Å². The van der Waals surface area contributed by atoms with E-state index in [0.717, 1.165) is 94.1 Å². The van der Waals surface area contributed by atoms with E-state index in [0.29, 0.717) is 0 Å². The molecule has 0 spiro atoms.